The van der Waals surface area contributed by atoms with E-state index in [1.807, 2.05) is 37.3 Å². The predicted octanol–water partition coefficient (Wildman–Crippen LogP) is 3.98. The standard InChI is InChI=1S/C30H34ClN5O5/c1-3-41-23-6-4-5-19(13-23)26(17-37)34-28(38)18(2)36-16-21-8-7-20(14-24(21)29(36)39)27-25(31)15-32-30(35-27)33-22-9-11-40-12-10-22/h4-8,13-15,18,22,26,37H,3,9-12,16-17H2,1-2H3,(H,34,38)(H,32,33,35)/t18-,26-/m1/s1. The highest BCUT2D eigenvalue weighted by molar-refractivity contribution is 6.33. The van der Waals surface area contributed by atoms with Crippen LogP contribution in [0, 0.1) is 0 Å². The van der Waals surface area contributed by atoms with E-state index in [0.717, 1.165) is 18.4 Å². The summed E-state index contributed by atoms with van der Waals surface area (Å²) in [5, 5.41) is 16.6. The number of fused-ring (bicyclic) bond motifs is 1. The molecule has 3 heterocycles. The number of carbonyl (C=O) groups is 2. The van der Waals surface area contributed by atoms with E-state index < -0.39 is 12.1 Å². The zero-order valence-corrected chi connectivity index (χ0v) is 23.9. The van der Waals surface area contributed by atoms with Crippen LogP contribution in [-0.4, -0.2) is 70.3 Å². The van der Waals surface area contributed by atoms with Gasteiger partial charge in [-0.1, -0.05) is 35.9 Å². The molecular weight excluding hydrogens is 546 g/mol. The normalized spacial score (nSPS) is 16.7. The van der Waals surface area contributed by atoms with Gasteiger partial charge in [0.1, 0.15) is 11.8 Å². The summed E-state index contributed by atoms with van der Waals surface area (Å²) in [6, 6.07) is 11.6. The summed E-state index contributed by atoms with van der Waals surface area (Å²) in [5.74, 6) is 0.506. The lowest BCUT2D eigenvalue weighted by Crippen LogP contribution is -2.46. The number of hydrogen-bond donors (Lipinski definition) is 3. The molecule has 11 heteroatoms. The van der Waals surface area contributed by atoms with Crippen LogP contribution in [0.1, 0.15) is 54.2 Å². The lowest BCUT2D eigenvalue weighted by molar-refractivity contribution is -0.126. The van der Waals surface area contributed by atoms with Gasteiger partial charge in [-0.2, -0.15) is 0 Å². The van der Waals surface area contributed by atoms with Crippen LogP contribution in [0.3, 0.4) is 0 Å². The lowest BCUT2D eigenvalue weighted by Gasteiger charge is -2.26. The second-order valence-corrected chi connectivity index (χ2v) is 10.6. The van der Waals surface area contributed by atoms with E-state index in [-0.39, 0.29) is 24.5 Å². The molecule has 0 unspecified atom stereocenters. The molecule has 0 radical (unpaired) electrons. The van der Waals surface area contributed by atoms with Crippen molar-refractivity contribution in [2.24, 2.45) is 0 Å². The van der Waals surface area contributed by atoms with Crippen molar-refractivity contribution in [3.8, 4) is 17.0 Å². The van der Waals surface area contributed by atoms with E-state index in [1.54, 1.807) is 25.3 Å². The van der Waals surface area contributed by atoms with Crippen LogP contribution < -0.4 is 15.4 Å². The molecule has 0 bridgehead atoms. The molecule has 5 rings (SSSR count). The summed E-state index contributed by atoms with van der Waals surface area (Å²) in [6.07, 6.45) is 3.30. The van der Waals surface area contributed by atoms with Gasteiger partial charge in [0.2, 0.25) is 11.9 Å². The van der Waals surface area contributed by atoms with Crippen molar-refractivity contribution in [3.63, 3.8) is 0 Å². The van der Waals surface area contributed by atoms with Crippen molar-refractivity contribution in [2.75, 3.05) is 31.7 Å². The number of halogens is 1. The van der Waals surface area contributed by atoms with E-state index in [0.29, 0.717) is 65.5 Å². The first-order valence-corrected chi connectivity index (χ1v) is 14.2. The van der Waals surface area contributed by atoms with E-state index in [1.165, 1.54) is 4.90 Å². The van der Waals surface area contributed by atoms with Gasteiger partial charge in [-0.05, 0) is 56.0 Å². The van der Waals surface area contributed by atoms with Crippen molar-refractivity contribution in [3.05, 3.63) is 70.4 Å². The van der Waals surface area contributed by atoms with Crippen molar-refractivity contribution in [1.29, 1.82) is 0 Å². The number of benzene rings is 2. The number of nitrogens with one attached hydrogen (secondary N) is 2. The number of carbonyl (C=O) groups excluding carboxylic acids is 2. The SMILES string of the molecule is CCOc1cccc([C@@H](CO)NC(=O)[C@@H](C)N2Cc3ccc(-c4nc(NC5CCOCC5)ncc4Cl)cc3C2=O)c1. The minimum atomic E-state index is -0.764. The summed E-state index contributed by atoms with van der Waals surface area (Å²) in [5.41, 5.74) is 3.24. The van der Waals surface area contributed by atoms with E-state index in [4.69, 9.17) is 21.1 Å². The zero-order chi connectivity index (χ0) is 28.9. The Hall–Kier alpha value is -3.73. The lowest BCUT2D eigenvalue weighted by atomic mass is 10.0. The molecule has 1 fully saturated rings. The fourth-order valence-corrected chi connectivity index (χ4v) is 5.30. The molecule has 2 aliphatic rings. The quantitative estimate of drug-likeness (QED) is 0.329. The fourth-order valence-electron chi connectivity index (χ4n) is 5.10. The molecule has 0 aliphatic carbocycles. The maximum absolute atomic E-state index is 13.5. The van der Waals surface area contributed by atoms with Crippen molar-refractivity contribution >= 4 is 29.4 Å². The van der Waals surface area contributed by atoms with Crippen LogP contribution in [0.2, 0.25) is 5.02 Å². The van der Waals surface area contributed by atoms with E-state index in [9.17, 15) is 14.7 Å². The molecule has 216 valence electrons. The molecule has 2 aliphatic heterocycles. The van der Waals surface area contributed by atoms with Crippen LogP contribution in [0.5, 0.6) is 5.75 Å². The molecular formula is C30H34ClN5O5. The Labute approximate surface area is 244 Å². The molecule has 1 saturated heterocycles. The maximum Gasteiger partial charge on any atom is 0.255 e. The number of aliphatic hydroxyl groups excluding tert-OH is 1. The summed E-state index contributed by atoms with van der Waals surface area (Å²) < 4.78 is 11.0. The fraction of sp³-hybridized carbons (Fsp3) is 0.400. The number of aromatic nitrogens is 2. The monoisotopic (exact) mass is 579 g/mol. The second kappa shape index (κ2) is 12.8. The minimum absolute atomic E-state index is 0.222. The Morgan fingerprint density at radius 3 is 2.80 bits per heavy atom. The second-order valence-electron chi connectivity index (χ2n) is 10.2. The van der Waals surface area contributed by atoms with Gasteiger partial charge in [-0.25, -0.2) is 9.97 Å². The van der Waals surface area contributed by atoms with Crippen molar-refractivity contribution in [1.82, 2.24) is 20.2 Å². The maximum atomic E-state index is 13.5. The number of ether oxygens (including phenoxy) is 2. The molecule has 41 heavy (non-hydrogen) atoms. The Morgan fingerprint density at radius 2 is 2.05 bits per heavy atom. The van der Waals surface area contributed by atoms with E-state index in [2.05, 4.69) is 20.6 Å². The van der Waals surface area contributed by atoms with Crippen LogP contribution in [0.15, 0.2) is 48.7 Å². The third-order valence-corrected chi connectivity index (χ3v) is 7.71. The third kappa shape index (κ3) is 6.45. The number of anilines is 1. The first-order valence-electron chi connectivity index (χ1n) is 13.8. The average Bonchev–Trinajstić information content (AvgIpc) is 3.32. The van der Waals surface area contributed by atoms with Gasteiger partial charge in [0, 0.05) is 36.9 Å². The Bertz CT molecular complexity index is 1410. The highest BCUT2D eigenvalue weighted by Crippen LogP contribution is 2.32. The molecule has 3 N–H and O–H groups in total. The first-order chi connectivity index (χ1) is 19.9. The number of aliphatic hydroxyl groups is 1. The molecule has 3 aromatic rings. The summed E-state index contributed by atoms with van der Waals surface area (Å²) in [4.78, 5) is 37.2. The van der Waals surface area contributed by atoms with Gasteiger partial charge < -0.3 is 30.1 Å². The molecule has 1 aromatic heterocycles. The smallest absolute Gasteiger partial charge is 0.255 e. The van der Waals surface area contributed by atoms with Crippen molar-refractivity contribution < 1.29 is 24.2 Å². The summed E-state index contributed by atoms with van der Waals surface area (Å²) >= 11 is 6.47. The van der Waals surface area contributed by atoms with Crippen molar-refractivity contribution in [2.45, 2.75) is 51.4 Å². The van der Waals surface area contributed by atoms with Gasteiger partial charge in [0.05, 0.1) is 36.2 Å². The Morgan fingerprint density at radius 1 is 1.24 bits per heavy atom. The number of rotatable bonds is 10. The molecule has 0 spiro atoms. The Balaban J connectivity index is 1.29. The number of hydrogen-bond acceptors (Lipinski definition) is 8. The van der Waals surface area contributed by atoms with Gasteiger partial charge in [-0.15, -0.1) is 0 Å². The van der Waals surface area contributed by atoms with Crippen LogP contribution >= 0.6 is 11.6 Å². The third-order valence-electron chi connectivity index (χ3n) is 7.43. The molecule has 2 atom stereocenters. The molecule has 10 nitrogen and oxygen atoms in total. The highest BCUT2D eigenvalue weighted by atomic mass is 35.5. The zero-order valence-electron chi connectivity index (χ0n) is 23.1. The average molecular weight is 580 g/mol. The molecule has 0 saturated carbocycles. The summed E-state index contributed by atoms with van der Waals surface area (Å²) in [6.45, 7) is 5.46. The largest absolute Gasteiger partial charge is 0.494 e. The first kappa shape index (κ1) is 28.8. The molecule has 2 amide bonds. The minimum Gasteiger partial charge on any atom is -0.494 e. The van der Waals surface area contributed by atoms with Gasteiger partial charge in [-0.3, -0.25) is 9.59 Å². The van der Waals surface area contributed by atoms with Crippen LogP contribution in [-0.2, 0) is 16.1 Å². The van der Waals surface area contributed by atoms with Gasteiger partial charge >= 0.3 is 0 Å². The van der Waals surface area contributed by atoms with Crippen LogP contribution in [0.4, 0.5) is 5.95 Å². The number of amides is 2. The van der Waals surface area contributed by atoms with E-state index >= 15 is 0 Å². The van der Waals surface area contributed by atoms with Gasteiger partial charge in [0.25, 0.3) is 5.91 Å². The van der Waals surface area contributed by atoms with Crippen LogP contribution in [0.25, 0.3) is 11.3 Å². The summed E-state index contributed by atoms with van der Waals surface area (Å²) in [7, 11) is 0. The van der Waals surface area contributed by atoms with Gasteiger partial charge in [0.15, 0.2) is 0 Å². The predicted molar refractivity (Wildman–Crippen MR) is 155 cm³/mol. The Kier molecular flexibility index (Phi) is 9.02. The highest BCUT2D eigenvalue weighted by Gasteiger charge is 2.35. The number of nitrogens with zero attached hydrogens (tertiary/aromatic N) is 3. The topological polar surface area (TPSA) is 126 Å². The molecule has 2 aromatic carbocycles.